The monoisotopic (exact) mass is 467 g/mol. The number of fused-ring (bicyclic) bond motifs is 5. The number of anilines is 1. The summed E-state index contributed by atoms with van der Waals surface area (Å²) >= 11 is 5.67. The highest BCUT2D eigenvalue weighted by Gasteiger charge is 2.26. The molecule has 0 saturated heterocycles. The lowest BCUT2D eigenvalue weighted by Crippen LogP contribution is -2.68. The number of rotatable bonds is 4. The summed E-state index contributed by atoms with van der Waals surface area (Å²) in [6, 6.07) is 15.8. The van der Waals surface area contributed by atoms with Crippen molar-refractivity contribution in [1.82, 2.24) is 4.40 Å². The fraction of sp³-hybridized carbons (Fsp3) is 0.200. The van der Waals surface area contributed by atoms with E-state index in [4.69, 9.17) is 35.0 Å². The quantitative estimate of drug-likeness (QED) is 0.203. The minimum Gasteiger partial charge on any atom is -0.461 e. The molecule has 164 valence electrons. The molecule has 0 unspecified atom stereocenters. The van der Waals surface area contributed by atoms with Crippen LogP contribution >= 0.6 is 11.6 Å². The second kappa shape index (κ2) is 9.23. The van der Waals surface area contributed by atoms with Gasteiger partial charge in [0.25, 0.3) is 0 Å². The Morgan fingerprint density at radius 2 is 1.74 bits per heavy atom. The number of nitrogens with zero attached hydrogens (tertiary/aromatic N) is 3. The molecule has 0 aliphatic heterocycles. The van der Waals surface area contributed by atoms with Crippen molar-refractivity contribution in [2.45, 2.75) is 0 Å². The van der Waals surface area contributed by atoms with Crippen LogP contribution in [0, 0.1) is 10.2 Å². The van der Waals surface area contributed by atoms with Crippen LogP contribution in [0.2, 0.25) is 0 Å². The van der Waals surface area contributed by atoms with E-state index in [1.54, 1.807) is 0 Å². The Bertz CT molecular complexity index is 1230. The van der Waals surface area contributed by atoms with Crippen LogP contribution in [0.25, 0.3) is 21.9 Å². The molecule has 0 saturated carbocycles. The van der Waals surface area contributed by atoms with Gasteiger partial charge in [0.15, 0.2) is 0 Å². The highest BCUT2D eigenvalue weighted by Crippen LogP contribution is 2.28. The molecule has 0 atom stereocenters. The predicted molar refractivity (Wildman–Crippen MR) is 103 cm³/mol. The van der Waals surface area contributed by atoms with E-state index >= 15 is 0 Å². The van der Waals surface area contributed by atoms with E-state index in [9.17, 15) is 4.79 Å². The average Bonchev–Trinajstić information content (AvgIpc) is 3.05. The Labute approximate surface area is 184 Å². The molecule has 0 N–H and O–H groups in total. The summed E-state index contributed by atoms with van der Waals surface area (Å²) in [5.41, 5.74) is 3.47. The molecule has 4 rings (SSSR count). The number of pyridine rings is 2. The van der Waals surface area contributed by atoms with E-state index in [1.807, 2.05) is 68.8 Å². The molecule has 0 bridgehead atoms. The van der Waals surface area contributed by atoms with Crippen LogP contribution in [-0.2, 0) is 4.74 Å². The van der Waals surface area contributed by atoms with E-state index in [1.165, 1.54) is 0 Å². The van der Waals surface area contributed by atoms with Gasteiger partial charge >= 0.3 is 11.9 Å². The van der Waals surface area contributed by atoms with Crippen molar-refractivity contribution >= 4 is 45.5 Å². The van der Waals surface area contributed by atoms with Crippen LogP contribution in [0.1, 0.15) is 10.4 Å². The molecular formula is C20H19Cl2N3O6. The molecule has 4 aromatic rings. The number of esters is 1. The zero-order valence-corrected chi connectivity index (χ0v) is 18.2. The number of alkyl halides is 1. The SMILES string of the molecule is CN(C)c1n2c3ccccc3c(C(=O)OCCCl)cc2c2cccc[n+]12.[O-][Cl+3]([O-])([O-])[O-]. The first-order valence-electron chi connectivity index (χ1n) is 9.02. The summed E-state index contributed by atoms with van der Waals surface area (Å²) in [5.74, 6) is 0.930. The molecule has 0 spiro atoms. The summed E-state index contributed by atoms with van der Waals surface area (Å²) < 4.78 is 43.6. The number of carbonyl (C=O) groups excluding carboxylic acids is 1. The molecule has 3 aromatic heterocycles. The van der Waals surface area contributed by atoms with Crippen LogP contribution < -0.4 is 27.9 Å². The maximum atomic E-state index is 12.6. The summed E-state index contributed by atoms with van der Waals surface area (Å²) in [4.78, 5) is 14.7. The van der Waals surface area contributed by atoms with Gasteiger partial charge in [-0.1, -0.05) is 24.3 Å². The highest BCUT2D eigenvalue weighted by molar-refractivity contribution is 6.18. The lowest BCUT2D eigenvalue weighted by atomic mass is 10.1. The summed E-state index contributed by atoms with van der Waals surface area (Å²) in [7, 11) is -0.919. The second-order valence-electron chi connectivity index (χ2n) is 6.65. The number of carbonyl (C=O) groups is 1. The Hall–Kier alpha value is -2.66. The first-order valence-corrected chi connectivity index (χ1v) is 10.8. The minimum atomic E-state index is -4.94. The van der Waals surface area contributed by atoms with Crippen molar-refractivity contribution < 1.29 is 42.8 Å². The lowest BCUT2D eigenvalue weighted by Gasteiger charge is -2.17. The molecular weight excluding hydrogens is 449 g/mol. The zero-order chi connectivity index (χ0) is 22.8. The smallest absolute Gasteiger partial charge is 0.369 e. The van der Waals surface area contributed by atoms with Crippen molar-refractivity contribution in [3.05, 3.63) is 60.3 Å². The van der Waals surface area contributed by atoms with Gasteiger partial charge < -0.3 is 4.74 Å². The van der Waals surface area contributed by atoms with Gasteiger partial charge in [-0.05, 0) is 24.3 Å². The molecule has 31 heavy (non-hydrogen) atoms. The number of hydrogen-bond donors (Lipinski definition) is 0. The van der Waals surface area contributed by atoms with Gasteiger partial charge in [0.1, 0.15) is 23.2 Å². The molecule has 1 aromatic carbocycles. The van der Waals surface area contributed by atoms with Crippen molar-refractivity contribution in [3.63, 3.8) is 0 Å². The van der Waals surface area contributed by atoms with Crippen LogP contribution in [-0.4, -0.2) is 37.0 Å². The molecule has 3 heterocycles. The van der Waals surface area contributed by atoms with E-state index < -0.39 is 10.2 Å². The van der Waals surface area contributed by atoms with Gasteiger partial charge in [0, 0.05) is 5.39 Å². The standard InChI is InChI=1S/C20H19ClN3O2.ClHO4/c1-22(2)20-23-11-6-5-9-17(23)18-13-15(19(25)26-12-10-21)14-7-3-4-8-16(14)24(18)20;2-1(3,4)5/h3-9,11,13H,10,12H2,1-2H3;(H,2,3,4,5)/q+1;/p-1. The third-order valence-corrected chi connectivity index (χ3v) is 4.58. The molecule has 0 radical (unpaired) electrons. The first-order chi connectivity index (χ1) is 14.6. The second-order valence-corrected chi connectivity index (χ2v) is 7.78. The van der Waals surface area contributed by atoms with Gasteiger partial charge in [0.05, 0.1) is 31.7 Å². The molecule has 11 heteroatoms. The van der Waals surface area contributed by atoms with Gasteiger partial charge in [0.2, 0.25) is 0 Å². The van der Waals surface area contributed by atoms with Gasteiger partial charge in [-0.15, -0.1) is 21.8 Å². The lowest BCUT2D eigenvalue weighted by molar-refractivity contribution is -2.00. The summed E-state index contributed by atoms with van der Waals surface area (Å²) in [6.45, 7) is 0.194. The molecule has 0 aliphatic carbocycles. The van der Waals surface area contributed by atoms with E-state index in [0.29, 0.717) is 5.56 Å². The third-order valence-electron chi connectivity index (χ3n) is 4.43. The number of halogens is 2. The zero-order valence-electron chi connectivity index (χ0n) is 16.7. The number of benzene rings is 1. The first kappa shape index (κ1) is 23.0. The average molecular weight is 468 g/mol. The maximum absolute atomic E-state index is 12.6. The number of ether oxygens (including phenoxy) is 1. The Kier molecular flexibility index (Phi) is 6.85. The summed E-state index contributed by atoms with van der Waals surface area (Å²) in [6.07, 6.45) is 2.03. The third kappa shape index (κ3) is 4.99. The normalized spacial score (nSPS) is 11.5. The molecule has 0 aliphatic rings. The topological polar surface area (TPSA) is 130 Å². The fourth-order valence-electron chi connectivity index (χ4n) is 3.44. The largest absolute Gasteiger partial charge is 0.461 e. The molecule has 0 amide bonds. The van der Waals surface area contributed by atoms with Gasteiger partial charge in [-0.3, -0.25) is 4.90 Å². The highest BCUT2D eigenvalue weighted by atomic mass is 35.7. The van der Waals surface area contributed by atoms with Crippen LogP contribution in [0.3, 0.4) is 0 Å². The molecule has 0 fully saturated rings. The van der Waals surface area contributed by atoms with E-state index in [0.717, 1.165) is 27.9 Å². The number of aromatic nitrogens is 2. The van der Waals surface area contributed by atoms with Gasteiger partial charge in [-0.25, -0.2) is 27.8 Å². The minimum absolute atomic E-state index is 0.194. The number of para-hydroxylation sites is 1. The summed E-state index contributed by atoms with van der Waals surface area (Å²) in [5, 5.41) is 0.851. The molecule has 9 nitrogen and oxygen atoms in total. The van der Waals surface area contributed by atoms with Crippen LogP contribution in [0.15, 0.2) is 54.7 Å². The van der Waals surface area contributed by atoms with E-state index in [2.05, 4.69) is 13.7 Å². The predicted octanol–water partition coefficient (Wildman–Crippen LogP) is -1.46. The van der Waals surface area contributed by atoms with Crippen molar-refractivity contribution in [2.24, 2.45) is 0 Å². The van der Waals surface area contributed by atoms with Crippen molar-refractivity contribution in [1.29, 1.82) is 0 Å². The van der Waals surface area contributed by atoms with E-state index in [-0.39, 0.29) is 18.5 Å². The van der Waals surface area contributed by atoms with Crippen LogP contribution in [0.4, 0.5) is 5.95 Å². The maximum Gasteiger partial charge on any atom is 0.369 e. The van der Waals surface area contributed by atoms with Crippen molar-refractivity contribution in [3.8, 4) is 0 Å². The number of hydrogen-bond acceptors (Lipinski definition) is 7. The van der Waals surface area contributed by atoms with Crippen LogP contribution in [0.5, 0.6) is 0 Å². The Morgan fingerprint density at radius 1 is 1.10 bits per heavy atom. The number of imidazole rings is 1. The van der Waals surface area contributed by atoms with Crippen molar-refractivity contribution in [2.75, 3.05) is 31.5 Å². The fourth-order valence-corrected chi connectivity index (χ4v) is 3.51. The Morgan fingerprint density at radius 3 is 2.39 bits per heavy atom. The van der Waals surface area contributed by atoms with Gasteiger partial charge in [-0.2, -0.15) is 4.40 Å². The Balaban J connectivity index is 0.000000491.